The largest absolute Gasteiger partial charge is 0.497 e. The maximum Gasteiger partial charge on any atom is 0.234 e. The van der Waals surface area contributed by atoms with E-state index >= 15 is 0 Å². The molecule has 1 atom stereocenters. The zero-order valence-electron chi connectivity index (χ0n) is 18.5. The Morgan fingerprint density at radius 2 is 1.78 bits per heavy atom. The Kier molecular flexibility index (Phi) is 8.10. The van der Waals surface area contributed by atoms with Crippen LogP contribution in [0, 0.1) is 11.7 Å². The van der Waals surface area contributed by atoms with Crippen LogP contribution in [0.5, 0.6) is 11.5 Å². The number of hydrogen-bond donors (Lipinski definition) is 1. The minimum absolute atomic E-state index is 0.0816. The molecule has 0 aliphatic heterocycles. The number of rotatable bonds is 10. The highest BCUT2D eigenvalue weighted by Gasteiger charge is 2.21. The van der Waals surface area contributed by atoms with Gasteiger partial charge in [0.05, 0.1) is 18.6 Å². The molecule has 0 spiro atoms. The zero-order chi connectivity index (χ0) is 23.1. The third-order valence-electron chi connectivity index (χ3n) is 4.51. The Balaban J connectivity index is 1.69. The molecule has 0 aliphatic rings. The predicted molar refractivity (Wildman–Crippen MR) is 123 cm³/mol. The first kappa shape index (κ1) is 23.6. The number of nitrogens with one attached hydrogen (secondary N) is 1. The van der Waals surface area contributed by atoms with Crippen LogP contribution < -0.4 is 14.8 Å². The highest BCUT2D eigenvalue weighted by atomic mass is 32.2. The summed E-state index contributed by atoms with van der Waals surface area (Å²) in [6, 6.07) is 13.4. The van der Waals surface area contributed by atoms with Crippen LogP contribution in [0.4, 0.5) is 10.1 Å². The van der Waals surface area contributed by atoms with E-state index in [4.69, 9.17) is 9.47 Å². The van der Waals surface area contributed by atoms with E-state index in [1.807, 2.05) is 35.8 Å². The number of anilines is 1. The van der Waals surface area contributed by atoms with Crippen molar-refractivity contribution in [3.05, 3.63) is 60.2 Å². The average molecular weight is 459 g/mol. The van der Waals surface area contributed by atoms with Crippen molar-refractivity contribution in [2.45, 2.75) is 38.6 Å². The zero-order valence-corrected chi connectivity index (χ0v) is 19.4. The number of amides is 1. The van der Waals surface area contributed by atoms with Crippen molar-refractivity contribution in [2.75, 3.05) is 18.2 Å². The molecule has 3 aromatic rings. The quantitative estimate of drug-likeness (QED) is 0.433. The lowest BCUT2D eigenvalue weighted by atomic mass is 10.2. The summed E-state index contributed by atoms with van der Waals surface area (Å²) in [6.45, 7) is 6.77. The standard InChI is InChI=1S/C23H27FN4O3S/c1-15(2)13-28-22(16(3)31-18-11-9-17(30-4)10-12-18)26-27-23(28)32-14-21(29)25-20-8-6-5-7-19(20)24/h5-12,15-16H,13-14H2,1-4H3,(H,25,29). The Morgan fingerprint density at radius 3 is 2.44 bits per heavy atom. The summed E-state index contributed by atoms with van der Waals surface area (Å²) in [7, 11) is 1.61. The molecule has 0 aliphatic carbocycles. The van der Waals surface area contributed by atoms with Crippen molar-refractivity contribution in [3.8, 4) is 11.5 Å². The second-order valence-electron chi connectivity index (χ2n) is 7.60. The number of benzene rings is 2. The van der Waals surface area contributed by atoms with E-state index < -0.39 is 5.82 Å². The van der Waals surface area contributed by atoms with Gasteiger partial charge in [0.1, 0.15) is 17.3 Å². The number of thioether (sulfide) groups is 1. The molecule has 1 N–H and O–H groups in total. The Labute approximate surface area is 191 Å². The van der Waals surface area contributed by atoms with Crippen LogP contribution in [0.2, 0.25) is 0 Å². The van der Waals surface area contributed by atoms with Gasteiger partial charge in [0.15, 0.2) is 17.1 Å². The molecule has 2 aromatic carbocycles. The first-order valence-corrected chi connectivity index (χ1v) is 11.3. The fourth-order valence-corrected chi connectivity index (χ4v) is 3.79. The molecule has 0 fully saturated rings. The number of methoxy groups -OCH3 is 1. The lowest BCUT2D eigenvalue weighted by Crippen LogP contribution is -2.17. The van der Waals surface area contributed by atoms with Gasteiger partial charge in [-0.3, -0.25) is 4.79 Å². The summed E-state index contributed by atoms with van der Waals surface area (Å²) in [5, 5.41) is 11.8. The van der Waals surface area contributed by atoms with Gasteiger partial charge in [-0.05, 0) is 49.2 Å². The van der Waals surface area contributed by atoms with E-state index in [-0.39, 0.29) is 23.5 Å². The van der Waals surface area contributed by atoms with Crippen LogP contribution in [0.3, 0.4) is 0 Å². The Bertz CT molecular complexity index is 1040. The molecule has 1 unspecified atom stereocenters. The molecule has 0 bridgehead atoms. The molecular weight excluding hydrogens is 431 g/mol. The van der Waals surface area contributed by atoms with E-state index in [0.29, 0.717) is 29.2 Å². The molecule has 0 radical (unpaired) electrons. The number of hydrogen-bond acceptors (Lipinski definition) is 6. The van der Waals surface area contributed by atoms with E-state index in [9.17, 15) is 9.18 Å². The van der Waals surface area contributed by atoms with Crippen molar-refractivity contribution in [1.29, 1.82) is 0 Å². The molecule has 0 saturated carbocycles. The molecular formula is C23H27FN4O3S. The van der Waals surface area contributed by atoms with Gasteiger partial charge in [-0.25, -0.2) is 4.39 Å². The smallest absolute Gasteiger partial charge is 0.234 e. The first-order valence-electron chi connectivity index (χ1n) is 10.3. The number of ether oxygens (including phenoxy) is 2. The Hall–Kier alpha value is -3.07. The second kappa shape index (κ2) is 11.0. The maximum absolute atomic E-state index is 13.8. The second-order valence-corrected chi connectivity index (χ2v) is 8.54. The van der Waals surface area contributed by atoms with Crippen molar-refractivity contribution < 1.29 is 18.7 Å². The fraction of sp³-hybridized carbons (Fsp3) is 0.348. The monoisotopic (exact) mass is 458 g/mol. The van der Waals surface area contributed by atoms with Gasteiger partial charge in [0.25, 0.3) is 0 Å². The van der Waals surface area contributed by atoms with Crippen LogP contribution in [0.1, 0.15) is 32.7 Å². The molecule has 1 aromatic heterocycles. The van der Waals surface area contributed by atoms with Crippen LogP contribution in [-0.2, 0) is 11.3 Å². The summed E-state index contributed by atoms with van der Waals surface area (Å²) in [5.41, 5.74) is 0.156. The molecule has 7 nitrogen and oxygen atoms in total. The van der Waals surface area contributed by atoms with Gasteiger partial charge >= 0.3 is 0 Å². The van der Waals surface area contributed by atoms with Gasteiger partial charge in [-0.1, -0.05) is 37.7 Å². The van der Waals surface area contributed by atoms with Crippen molar-refractivity contribution in [3.63, 3.8) is 0 Å². The topological polar surface area (TPSA) is 78.3 Å². The maximum atomic E-state index is 13.8. The van der Waals surface area contributed by atoms with Crippen LogP contribution in [-0.4, -0.2) is 33.5 Å². The van der Waals surface area contributed by atoms with Gasteiger partial charge in [-0.15, -0.1) is 10.2 Å². The molecule has 9 heteroatoms. The highest BCUT2D eigenvalue weighted by Crippen LogP contribution is 2.27. The van der Waals surface area contributed by atoms with Crippen molar-refractivity contribution in [1.82, 2.24) is 14.8 Å². The third kappa shape index (κ3) is 6.23. The van der Waals surface area contributed by atoms with Crippen LogP contribution >= 0.6 is 11.8 Å². The SMILES string of the molecule is COc1ccc(OC(C)c2nnc(SCC(=O)Nc3ccccc3F)n2CC(C)C)cc1. The predicted octanol–water partition coefficient (Wildman–Crippen LogP) is 4.95. The Morgan fingerprint density at radius 1 is 1.09 bits per heavy atom. The van der Waals surface area contributed by atoms with Crippen LogP contribution in [0.25, 0.3) is 0 Å². The normalized spacial score (nSPS) is 11.9. The number of carbonyl (C=O) groups is 1. The minimum atomic E-state index is -0.472. The van der Waals surface area contributed by atoms with E-state index in [1.54, 1.807) is 19.2 Å². The molecule has 170 valence electrons. The van der Waals surface area contributed by atoms with Crippen LogP contribution in [0.15, 0.2) is 53.7 Å². The van der Waals surface area contributed by atoms with E-state index in [0.717, 1.165) is 5.75 Å². The minimum Gasteiger partial charge on any atom is -0.497 e. The van der Waals surface area contributed by atoms with Gasteiger partial charge in [0, 0.05) is 6.54 Å². The lowest BCUT2D eigenvalue weighted by molar-refractivity contribution is -0.113. The molecule has 1 amide bonds. The fourth-order valence-electron chi connectivity index (χ4n) is 3.03. The third-order valence-corrected chi connectivity index (χ3v) is 5.48. The van der Waals surface area contributed by atoms with Gasteiger partial charge < -0.3 is 19.4 Å². The number of nitrogens with zero attached hydrogens (tertiary/aromatic N) is 3. The average Bonchev–Trinajstić information content (AvgIpc) is 3.16. The molecule has 3 rings (SSSR count). The van der Waals surface area contributed by atoms with Gasteiger partial charge in [0.2, 0.25) is 5.91 Å². The summed E-state index contributed by atoms with van der Waals surface area (Å²) in [6.07, 6.45) is -0.351. The van der Waals surface area contributed by atoms with Crippen molar-refractivity contribution in [2.24, 2.45) is 5.92 Å². The van der Waals surface area contributed by atoms with Gasteiger partial charge in [-0.2, -0.15) is 0 Å². The number of carbonyl (C=O) groups excluding carboxylic acids is 1. The highest BCUT2D eigenvalue weighted by molar-refractivity contribution is 7.99. The summed E-state index contributed by atoms with van der Waals surface area (Å²) < 4.78 is 27.0. The first-order chi connectivity index (χ1) is 15.4. The summed E-state index contributed by atoms with van der Waals surface area (Å²) >= 11 is 1.25. The number of halogens is 1. The van der Waals surface area contributed by atoms with E-state index in [2.05, 4.69) is 29.4 Å². The molecule has 32 heavy (non-hydrogen) atoms. The summed E-state index contributed by atoms with van der Waals surface area (Å²) in [4.78, 5) is 12.3. The molecule has 0 saturated heterocycles. The molecule has 1 heterocycles. The van der Waals surface area contributed by atoms with E-state index in [1.165, 1.54) is 23.9 Å². The summed E-state index contributed by atoms with van der Waals surface area (Å²) in [5.74, 6) is 1.74. The number of para-hydroxylation sites is 1. The number of aromatic nitrogens is 3. The van der Waals surface area contributed by atoms with Crippen molar-refractivity contribution >= 4 is 23.4 Å². The lowest BCUT2D eigenvalue weighted by Gasteiger charge is -2.18.